The fraction of sp³-hybridized carbons (Fsp3) is 0.571. The van der Waals surface area contributed by atoms with Crippen LogP contribution in [-0.4, -0.2) is 32.5 Å². The van der Waals surface area contributed by atoms with Crippen LogP contribution in [0.15, 0.2) is 18.2 Å². The van der Waals surface area contributed by atoms with Crippen molar-refractivity contribution >= 4 is 0 Å². The molecule has 4 heteroatoms. The van der Waals surface area contributed by atoms with Crippen molar-refractivity contribution in [1.82, 2.24) is 0 Å². The van der Waals surface area contributed by atoms with Crippen molar-refractivity contribution in [2.75, 3.05) is 26.4 Å². The van der Waals surface area contributed by atoms with Gasteiger partial charge in [-0.3, -0.25) is 0 Å². The second-order valence-corrected chi connectivity index (χ2v) is 4.84. The van der Waals surface area contributed by atoms with Gasteiger partial charge in [-0.1, -0.05) is 0 Å². The summed E-state index contributed by atoms with van der Waals surface area (Å²) < 4.78 is 16.7. The van der Waals surface area contributed by atoms with Crippen molar-refractivity contribution in [3.05, 3.63) is 23.8 Å². The van der Waals surface area contributed by atoms with Crippen LogP contribution in [0.3, 0.4) is 0 Å². The van der Waals surface area contributed by atoms with E-state index in [2.05, 4.69) is 17.4 Å². The number of rotatable bonds is 4. The summed E-state index contributed by atoms with van der Waals surface area (Å²) in [6.07, 6.45) is 2.86. The Labute approximate surface area is 107 Å². The van der Waals surface area contributed by atoms with E-state index in [0.717, 1.165) is 31.2 Å². The zero-order valence-electron chi connectivity index (χ0n) is 10.6. The van der Waals surface area contributed by atoms with E-state index in [4.69, 9.17) is 14.2 Å². The van der Waals surface area contributed by atoms with Crippen LogP contribution in [0, 0.1) is 0 Å². The van der Waals surface area contributed by atoms with Crippen LogP contribution in [-0.2, 0) is 11.3 Å². The Morgan fingerprint density at radius 1 is 1.11 bits per heavy atom. The highest BCUT2D eigenvalue weighted by atomic mass is 16.6. The molecule has 2 aliphatic heterocycles. The van der Waals surface area contributed by atoms with Crippen LogP contribution >= 0.6 is 0 Å². The molecule has 0 saturated carbocycles. The zero-order valence-corrected chi connectivity index (χ0v) is 10.6. The average Bonchev–Trinajstić information content (AvgIpc) is 2.92. The molecule has 0 bridgehead atoms. The number of nitrogens with two attached hydrogens (primary N) is 1. The van der Waals surface area contributed by atoms with Crippen LogP contribution in [0.25, 0.3) is 0 Å². The predicted molar refractivity (Wildman–Crippen MR) is 66.9 cm³/mol. The summed E-state index contributed by atoms with van der Waals surface area (Å²) in [7, 11) is 0. The van der Waals surface area contributed by atoms with Crippen molar-refractivity contribution in [3.63, 3.8) is 0 Å². The number of hydrogen-bond acceptors (Lipinski definition) is 3. The lowest BCUT2D eigenvalue weighted by molar-refractivity contribution is -0.676. The van der Waals surface area contributed by atoms with E-state index < -0.39 is 0 Å². The molecule has 0 aromatic heterocycles. The van der Waals surface area contributed by atoms with E-state index in [9.17, 15) is 0 Å². The SMILES string of the molecule is c1cc2c(cc1C[NH2+]C[C@H]1CCCO1)OCCO2. The first-order valence-corrected chi connectivity index (χ1v) is 6.73. The lowest BCUT2D eigenvalue weighted by Crippen LogP contribution is -2.84. The minimum Gasteiger partial charge on any atom is -0.486 e. The first kappa shape index (κ1) is 11.8. The Morgan fingerprint density at radius 3 is 2.83 bits per heavy atom. The van der Waals surface area contributed by atoms with Crippen LogP contribution in [0.4, 0.5) is 0 Å². The van der Waals surface area contributed by atoms with Gasteiger partial charge in [0.15, 0.2) is 11.5 Å². The molecule has 0 radical (unpaired) electrons. The average molecular weight is 250 g/mol. The molecule has 1 saturated heterocycles. The van der Waals surface area contributed by atoms with E-state index in [0.29, 0.717) is 19.3 Å². The molecule has 2 heterocycles. The molecule has 0 amide bonds. The molecule has 4 nitrogen and oxygen atoms in total. The molecule has 1 aromatic carbocycles. The van der Waals surface area contributed by atoms with Gasteiger partial charge in [-0.25, -0.2) is 0 Å². The maximum atomic E-state index is 5.61. The molecule has 3 rings (SSSR count). The Bertz CT molecular complexity index is 402. The van der Waals surface area contributed by atoms with Crippen molar-refractivity contribution in [3.8, 4) is 11.5 Å². The summed E-state index contributed by atoms with van der Waals surface area (Å²) in [5, 5.41) is 2.31. The molecule has 1 fully saturated rings. The van der Waals surface area contributed by atoms with Crippen molar-refractivity contribution in [1.29, 1.82) is 0 Å². The van der Waals surface area contributed by atoms with Gasteiger partial charge in [-0.05, 0) is 31.0 Å². The summed E-state index contributed by atoms with van der Waals surface area (Å²) in [5.41, 5.74) is 1.28. The summed E-state index contributed by atoms with van der Waals surface area (Å²) >= 11 is 0. The summed E-state index contributed by atoms with van der Waals surface area (Å²) in [5.74, 6) is 1.74. The van der Waals surface area contributed by atoms with Crippen molar-refractivity contribution in [2.45, 2.75) is 25.5 Å². The van der Waals surface area contributed by atoms with Gasteiger partial charge in [0.25, 0.3) is 0 Å². The largest absolute Gasteiger partial charge is 0.486 e. The van der Waals surface area contributed by atoms with Gasteiger partial charge < -0.3 is 19.5 Å². The number of ether oxygens (including phenoxy) is 3. The molecule has 1 atom stereocenters. The Kier molecular flexibility index (Phi) is 3.67. The summed E-state index contributed by atoms with van der Waals surface area (Å²) in [4.78, 5) is 0. The number of benzene rings is 1. The van der Waals surface area contributed by atoms with E-state index in [1.54, 1.807) is 0 Å². The normalized spacial score (nSPS) is 22.1. The maximum Gasteiger partial charge on any atom is 0.161 e. The first-order valence-electron chi connectivity index (χ1n) is 6.73. The fourth-order valence-electron chi connectivity index (χ4n) is 2.48. The predicted octanol–water partition coefficient (Wildman–Crippen LogP) is 0.700. The number of quaternary nitrogens is 1. The molecule has 0 aliphatic carbocycles. The third-order valence-electron chi connectivity index (χ3n) is 3.44. The standard InChI is InChI=1S/C14H19NO3/c1-2-12(16-5-1)10-15-9-11-3-4-13-14(8-11)18-7-6-17-13/h3-4,8,12,15H,1-2,5-7,9-10H2/p+1/t12-/m1/s1. The van der Waals surface area contributed by atoms with Gasteiger partial charge in [-0.2, -0.15) is 0 Å². The van der Waals surface area contributed by atoms with Gasteiger partial charge in [-0.15, -0.1) is 0 Å². The van der Waals surface area contributed by atoms with Gasteiger partial charge in [0, 0.05) is 12.2 Å². The second kappa shape index (κ2) is 5.59. The van der Waals surface area contributed by atoms with E-state index >= 15 is 0 Å². The van der Waals surface area contributed by atoms with Crippen molar-refractivity contribution in [2.24, 2.45) is 0 Å². The maximum absolute atomic E-state index is 5.61. The highest BCUT2D eigenvalue weighted by Gasteiger charge is 2.17. The molecule has 0 spiro atoms. The highest BCUT2D eigenvalue weighted by molar-refractivity contribution is 5.43. The molecular formula is C14H20NO3+. The van der Waals surface area contributed by atoms with Crippen LogP contribution in [0.5, 0.6) is 11.5 Å². The van der Waals surface area contributed by atoms with E-state index in [-0.39, 0.29) is 0 Å². The summed E-state index contributed by atoms with van der Waals surface area (Å²) in [6.45, 7) is 4.25. The lowest BCUT2D eigenvalue weighted by Gasteiger charge is -2.18. The zero-order chi connectivity index (χ0) is 12.2. The summed E-state index contributed by atoms with van der Waals surface area (Å²) in [6, 6.07) is 6.20. The fourth-order valence-corrected chi connectivity index (χ4v) is 2.48. The number of fused-ring (bicyclic) bond motifs is 1. The van der Waals surface area contributed by atoms with Gasteiger partial charge in [0.1, 0.15) is 32.4 Å². The monoisotopic (exact) mass is 250 g/mol. The van der Waals surface area contributed by atoms with E-state index in [1.165, 1.54) is 18.4 Å². The molecule has 98 valence electrons. The minimum atomic E-state index is 0.446. The molecule has 18 heavy (non-hydrogen) atoms. The lowest BCUT2D eigenvalue weighted by atomic mass is 10.2. The molecule has 1 aromatic rings. The Hall–Kier alpha value is -1.26. The smallest absolute Gasteiger partial charge is 0.161 e. The third kappa shape index (κ3) is 2.76. The van der Waals surface area contributed by atoms with Crippen LogP contribution in [0.1, 0.15) is 18.4 Å². The Morgan fingerprint density at radius 2 is 2.00 bits per heavy atom. The van der Waals surface area contributed by atoms with Crippen molar-refractivity contribution < 1.29 is 19.5 Å². The molecule has 2 aliphatic rings. The van der Waals surface area contributed by atoms with E-state index in [1.807, 2.05) is 6.07 Å². The Balaban J connectivity index is 1.52. The molecule has 0 unspecified atom stereocenters. The third-order valence-corrected chi connectivity index (χ3v) is 3.44. The van der Waals surface area contributed by atoms with Gasteiger partial charge in [0.05, 0.1) is 0 Å². The van der Waals surface area contributed by atoms with Crippen LogP contribution < -0.4 is 14.8 Å². The second-order valence-electron chi connectivity index (χ2n) is 4.84. The van der Waals surface area contributed by atoms with Gasteiger partial charge in [0.2, 0.25) is 0 Å². The minimum absolute atomic E-state index is 0.446. The van der Waals surface area contributed by atoms with Crippen LogP contribution in [0.2, 0.25) is 0 Å². The first-order chi connectivity index (χ1) is 8.92. The van der Waals surface area contributed by atoms with Gasteiger partial charge >= 0.3 is 0 Å². The molecular weight excluding hydrogens is 230 g/mol. The quantitative estimate of drug-likeness (QED) is 0.855. The topological polar surface area (TPSA) is 44.3 Å². The molecule has 2 N–H and O–H groups in total. The number of hydrogen-bond donors (Lipinski definition) is 1. The highest BCUT2D eigenvalue weighted by Crippen LogP contribution is 2.30.